The fraction of sp³-hybridized carbons (Fsp3) is 0.188. The molecule has 2 aromatic rings. The van der Waals surface area contributed by atoms with Crippen molar-refractivity contribution < 1.29 is 14.6 Å². The molecule has 1 saturated heterocycles. The number of ketones is 1. The number of benzene rings is 2. The van der Waals surface area contributed by atoms with Crippen molar-refractivity contribution in [3.63, 3.8) is 0 Å². The van der Waals surface area contributed by atoms with Crippen molar-refractivity contribution in [2.45, 2.75) is 18.2 Å². The minimum atomic E-state index is -0.627. The van der Waals surface area contributed by atoms with Crippen LogP contribution in [-0.2, 0) is 14.6 Å². The first-order valence-electron chi connectivity index (χ1n) is 6.61. The van der Waals surface area contributed by atoms with Crippen molar-refractivity contribution >= 4 is 11.5 Å². The van der Waals surface area contributed by atoms with Crippen LogP contribution < -0.4 is 5.32 Å². The number of carbonyl (C=O) groups is 1. The fourth-order valence-electron chi connectivity index (χ4n) is 2.84. The van der Waals surface area contributed by atoms with E-state index in [9.17, 15) is 4.79 Å². The van der Waals surface area contributed by atoms with Gasteiger partial charge in [-0.3, -0.25) is 4.79 Å². The summed E-state index contributed by atoms with van der Waals surface area (Å²) in [6.45, 7) is 0. The zero-order valence-electron chi connectivity index (χ0n) is 10.7. The number of nitrogens with one attached hydrogen (secondary N) is 1. The maximum atomic E-state index is 12.5. The molecule has 1 aliphatic carbocycles. The highest BCUT2D eigenvalue weighted by Crippen LogP contribution is 2.44. The first kappa shape index (κ1) is 11.6. The fourth-order valence-corrected chi connectivity index (χ4v) is 2.84. The molecule has 2 bridgehead atoms. The van der Waals surface area contributed by atoms with Gasteiger partial charge in [-0.05, 0) is 23.3 Å². The maximum Gasteiger partial charge on any atom is 0.194 e. The molecule has 0 aromatic heterocycles. The Labute approximate surface area is 116 Å². The van der Waals surface area contributed by atoms with Crippen molar-refractivity contribution in [1.29, 1.82) is 0 Å². The topological polar surface area (TPSA) is 47.6 Å². The lowest BCUT2D eigenvalue weighted by molar-refractivity contribution is -0.374. The second kappa shape index (κ2) is 4.44. The average Bonchev–Trinajstić information content (AvgIpc) is 2.52. The first-order chi connectivity index (χ1) is 9.84. The molecular formula is C16H13NO3. The van der Waals surface area contributed by atoms with E-state index in [1.807, 2.05) is 54.6 Å². The zero-order valence-corrected chi connectivity index (χ0v) is 10.7. The van der Waals surface area contributed by atoms with Crippen LogP contribution in [0.2, 0.25) is 0 Å². The molecule has 5 rings (SSSR count). The minimum absolute atomic E-state index is 0.0174. The van der Waals surface area contributed by atoms with Crippen LogP contribution in [0, 0.1) is 0 Å². The number of rotatable bonds is 2. The number of hydrogen-bond acceptors (Lipinski definition) is 4. The lowest BCUT2D eigenvalue weighted by Gasteiger charge is -2.41. The first-order valence-corrected chi connectivity index (χ1v) is 6.61. The van der Waals surface area contributed by atoms with E-state index in [2.05, 4.69) is 5.32 Å². The van der Waals surface area contributed by atoms with Gasteiger partial charge in [0.1, 0.15) is 12.1 Å². The van der Waals surface area contributed by atoms with Gasteiger partial charge in [0, 0.05) is 5.69 Å². The van der Waals surface area contributed by atoms with Crippen LogP contribution in [0.1, 0.15) is 23.3 Å². The summed E-state index contributed by atoms with van der Waals surface area (Å²) >= 11 is 0. The van der Waals surface area contributed by atoms with E-state index in [4.69, 9.17) is 9.78 Å². The minimum Gasteiger partial charge on any atom is -0.373 e. The molecule has 100 valence electrons. The molecule has 4 nitrogen and oxygen atoms in total. The largest absolute Gasteiger partial charge is 0.373 e. The summed E-state index contributed by atoms with van der Waals surface area (Å²) in [5.41, 5.74) is 2.84. The summed E-state index contributed by atoms with van der Waals surface area (Å²) < 4.78 is 0. The van der Waals surface area contributed by atoms with Crippen molar-refractivity contribution in [3.8, 4) is 0 Å². The van der Waals surface area contributed by atoms with Gasteiger partial charge in [-0.1, -0.05) is 42.5 Å². The Hall–Kier alpha value is -2.17. The summed E-state index contributed by atoms with van der Waals surface area (Å²) in [5, 5.41) is 3.25. The van der Waals surface area contributed by atoms with Gasteiger partial charge < -0.3 is 5.32 Å². The van der Waals surface area contributed by atoms with Gasteiger partial charge in [0.05, 0.1) is 0 Å². The third-order valence-electron chi connectivity index (χ3n) is 3.80. The van der Waals surface area contributed by atoms with Crippen LogP contribution in [0.25, 0.3) is 0 Å². The summed E-state index contributed by atoms with van der Waals surface area (Å²) in [6, 6.07) is 17.0. The Kier molecular flexibility index (Phi) is 2.58. The second-order valence-corrected chi connectivity index (χ2v) is 5.01. The molecule has 1 N–H and O–H groups in total. The van der Waals surface area contributed by atoms with Crippen LogP contribution in [-0.4, -0.2) is 11.8 Å². The normalized spacial score (nSPS) is 27.2. The molecule has 3 atom stereocenters. The van der Waals surface area contributed by atoms with Gasteiger partial charge in [0.25, 0.3) is 0 Å². The SMILES string of the molecule is O=C1C2OOC(c3ccccc32)C1Nc1ccccc1. The smallest absolute Gasteiger partial charge is 0.194 e. The van der Waals surface area contributed by atoms with Gasteiger partial charge in [-0.15, -0.1) is 0 Å². The Morgan fingerprint density at radius 3 is 2.35 bits per heavy atom. The third-order valence-corrected chi connectivity index (χ3v) is 3.80. The van der Waals surface area contributed by atoms with E-state index in [1.165, 1.54) is 0 Å². The lowest BCUT2D eigenvalue weighted by atomic mass is 9.82. The highest BCUT2D eigenvalue weighted by Gasteiger charge is 2.49. The van der Waals surface area contributed by atoms with Crippen LogP contribution >= 0.6 is 0 Å². The standard InChI is InChI=1S/C16H13NO3/c18-14-13(17-10-6-2-1-3-7-10)15-11-8-4-5-9-12(11)16(14)20-19-15/h1-9,13,15-17H. The number of hydrogen-bond donors (Lipinski definition) is 1. The quantitative estimate of drug-likeness (QED) is 0.850. The number of Topliss-reactive ketones (excluding diaryl/α,β-unsaturated/α-hetero) is 1. The monoisotopic (exact) mass is 267 g/mol. The van der Waals surface area contributed by atoms with Crippen LogP contribution in [0.4, 0.5) is 5.69 Å². The molecule has 3 unspecified atom stereocenters. The molecule has 3 aliphatic rings. The Morgan fingerprint density at radius 1 is 0.850 bits per heavy atom. The predicted molar refractivity (Wildman–Crippen MR) is 73.0 cm³/mol. The van der Waals surface area contributed by atoms with Crippen molar-refractivity contribution in [2.75, 3.05) is 5.32 Å². The molecule has 1 fully saturated rings. The van der Waals surface area contributed by atoms with Crippen LogP contribution in [0.3, 0.4) is 0 Å². The summed E-state index contributed by atoms with van der Waals surface area (Å²) in [6.07, 6.45) is -1.03. The van der Waals surface area contributed by atoms with Gasteiger partial charge >= 0.3 is 0 Å². The predicted octanol–water partition coefficient (Wildman–Crippen LogP) is 2.79. The molecule has 0 spiro atoms. The van der Waals surface area contributed by atoms with E-state index >= 15 is 0 Å². The highest BCUT2D eigenvalue weighted by atomic mass is 17.2. The second-order valence-electron chi connectivity index (χ2n) is 5.01. The number of carbonyl (C=O) groups excluding carboxylic acids is 1. The van der Waals surface area contributed by atoms with Crippen LogP contribution in [0.15, 0.2) is 54.6 Å². The number of anilines is 1. The van der Waals surface area contributed by atoms with E-state index in [0.717, 1.165) is 16.8 Å². The molecule has 2 aliphatic heterocycles. The average molecular weight is 267 g/mol. The maximum absolute atomic E-state index is 12.5. The van der Waals surface area contributed by atoms with E-state index in [0.29, 0.717) is 0 Å². The molecule has 2 aromatic carbocycles. The molecular weight excluding hydrogens is 254 g/mol. The van der Waals surface area contributed by atoms with Crippen molar-refractivity contribution in [2.24, 2.45) is 0 Å². The van der Waals surface area contributed by atoms with Gasteiger partial charge in [-0.2, -0.15) is 0 Å². The zero-order chi connectivity index (χ0) is 13.5. The van der Waals surface area contributed by atoms with Gasteiger partial charge in [-0.25, -0.2) is 9.78 Å². The molecule has 4 heteroatoms. The molecule has 2 heterocycles. The molecule has 0 saturated carbocycles. The summed E-state index contributed by atoms with van der Waals surface area (Å²) in [7, 11) is 0. The van der Waals surface area contributed by atoms with Gasteiger partial charge in [0.15, 0.2) is 11.9 Å². The number of fused-ring (bicyclic) bond motifs is 2. The lowest BCUT2D eigenvalue weighted by Crippen LogP contribution is -2.49. The Bertz CT molecular complexity index is 656. The van der Waals surface area contributed by atoms with Crippen molar-refractivity contribution in [3.05, 3.63) is 65.7 Å². The molecule has 0 radical (unpaired) electrons. The third kappa shape index (κ3) is 1.66. The Morgan fingerprint density at radius 2 is 1.55 bits per heavy atom. The summed E-state index contributed by atoms with van der Waals surface area (Å²) in [5.74, 6) is 0.0174. The molecule has 20 heavy (non-hydrogen) atoms. The molecule has 0 amide bonds. The number of para-hydroxylation sites is 1. The van der Waals surface area contributed by atoms with Crippen molar-refractivity contribution in [1.82, 2.24) is 0 Å². The van der Waals surface area contributed by atoms with E-state index in [-0.39, 0.29) is 5.78 Å². The Balaban J connectivity index is 1.72. The highest BCUT2D eigenvalue weighted by molar-refractivity contribution is 5.94. The van der Waals surface area contributed by atoms with Gasteiger partial charge in [0.2, 0.25) is 0 Å². The summed E-state index contributed by atoms with van der Waals surface area (Å²) in [4.78, 5) is 23.1. The van der Waals surface area contributed by atoms with Crippen LogP contribution in [0.5, 0.6) is 0 Å². The van der Waals surface area contributed by atoms with E-state index in [1.54, 1.807) is 0 Å². The van der Waals surface area contributed by atoms with E-state index < -0.39 is 18.2 Å².